The van der Waals surface area contributed by atoms with Crippen LogP contribution in [0.15, 0.2) is 42.5 Å². The van der Waals surface area contributed by atoms with E-state index in [0.29, 0.717) is 17.3 Å². The summed E-state index contributed by atoms with van der Waals surface area (Å²) in [6.07, 6.45) is 2.49. The number of rotatable bonds is 6. The van der Waals surface area contributed by atoms with Crippen molar-refractivity contribution in [1.82, 2.24) is 4.98 Å². The maximum absolute atomic E-state index is 13.1. The van der Waals surface area contributed by atoms with E-state index in [1.165, 1.54) is 12.1 Å². The average Bonchev–Trinajstić information content (AvgIpc) is 3.30. The van der Waals surface area contributed by atoms with Crippen LogP contribution in [0.25, 0.3) is 0 Å². The Hall–Kier alpha value is -1.95. The summed E-state index contributed by atoms with van der Waals surface area (Å²) in [7, 11) is -3.50. The SMILES string of the molecule is O=S(=O)(CCc1cccc(F)c1)Nc1cccc(C2CC2)n1. The molecule has 3 rings (SSSR count). The molecule has 2 aromatic rings. The number of hydrogen-bond acceptors (Lipinski definition) is 3. The Morgan fingerprint density at radius 3 is 2.68 bits per heavy atom. The van der Waals surface area contributed by atoms with E-state index in [9.17, 15) is 12.8 Å². The van der Waals surface area contributed by atoms with Crippen molar-refractivity contribution in [1.29, 1.82) is 0 Å². The minimum Gasteiger partial charge on any atom is -0.267 e. The smallest absolute Gasteiger partial charge is 0.234 e. The van der Waals surface area contributed by atoms with Crippen molar-refractivity contribution in [2.24, 2.45) is 0 Å². The van der Waals surface area contributed by atoms with E-state index in [0.717, 1.165) is 18.5 Å². The number of nitrogens with one attached hydrogen (secondary N) is 1. The Balaban J connectivity index is 1.64. The molecule has 1 fully saturated rings. The Labute approximate surface area is 129 Å². The first-order valence-electron chi connectivity index (χ1n) is 7.24. The van der Waals surface area contributed by atoms with Gasteiger partial charge < -0.3 is 0 Å². The highest BCUT2D eigenvalue weighted by Gasteiger charge is 2.25. The van der Waals surface area contributed by atoms with Crippen molar-refractivity contribution in [3.63, 3.8) is 0 Å². The second-order valence-electron chi connectivity index (χ2n) is 5.52. The summed E-state index contributed by atoms with van der Waals surface area (Å²) >= 11 is 0. The van der Waals surface area contributed by atoms with E-state index in [4.69, 9.17) is 0 Å². The summed E-state index contributed by atoms with van der Waals surface area (Å²) in [4.78, 5) is 4.34. The largest absolute Gasteiger partial charge is 0.267 e. The predicted molar refractivity (Wildman–Crippen MR) is 83.7 cm³/mol. The van der Waals surface area contributed by atoms with Gasteiger partial charge in [-0.15, -0.1) is 0 Å². The Kier molecular flexibility index (Phi) is 4.11. The number of pyridine rings is 1. The topological polar surface area (TPSA) is 59.1 Å². The molecule has 0 saturated heterocycles. The van der Waals surface area contributed by atoms with Crippen molar-refractivity contribution in [2.75, 3.05) is 10.5 Å². The molecule has 1 aliphatic rings. The van der Waals surface area contributed by atoms with E-state index in [1.807, 2.05) is 12.1 Å². The van der Waals surface area contributed by atoms with Gasteiger partial charge >= 0.3 is 0 Å². The fourth-order valence-electron chi connectivity index (χ4n) is 2.27. The summed E-state index contributed by atoms with van der Waals surface area (Å²) in [6.45, 7) is 0. The molecule has 0 spiro atoms. The number of nitrogens with zero attached hydrogens (tertiary/aromatic N) is 1. The Morgan fingerprint density at radius 1 is 1.18 bits per heavy atom. The molecule has 0 unspecified atom stereocenters. The number of aromatic nitrogens is 1. The number of anilines is 1. The monoisotopic (exact) mass is 320 g/mol. The zero-order valence-corrected chi connectivity index (χ0v) is 12.8. The molecule has 22 heavy (non-hydrogen) atoms. The van der Waals surface area contributed by atoms with Crippen molar-refractivity contribution in [2.45, 2.75) is 25.2 Å². The molecule has 0 atom stereocenters. The molecule has 0 radical (unpaired) electrons. The fraction of sp³-hybridized carbons (Fsp3) is 0.312. The highest BCUT2D eigenvalue weighted by molar-refractivity contribution is 7.92. The quantitative estimate of drug-likeness (QED) is 0.890. The lowest BCUT2D eigenvalue weighted by atomic mass is 10.2. The molecule has 0 bridgehead atoms. The van der Waals surface area contributed by atoms with Gasteiger partial charge in [-0.3, -0.25) is 4.72 Å². The van der Waals surface area contributed by atoms with Crippen LogP contribution in [0.1, 0.15) is 30.0 Å². The van der Waals surface area contributed by atoms with Crippen LogP contribution in [0.3, 0.4) is 0 Å². The van der Waals surface area contributed by atoms with Gasteiger partial charge in [0.05, 0.1) is 5.75 Å². The molecule has 1 aliphatic carbocycles. The maximum atomic E-state index is 13.1. The van der Waals surface area contributed by atoms with E-state index in [-0.39, 0.29) is 18.0 Å². The number of halogens is 1. The molecule has 1 heterocycles. The van der Waals surface area contributed by atoms with Gasteiger partial charge in [-0.1, -0.05) is 18.2 Å². The zero-order chi connectivity index (χ0) is 15.6. The third-order valence-electron chi connectivity index (χ3n) is 3.57. The lowest BCUT2D eigenvalue weighted by Gasteiger charge is -2.08. The van der Waals surface area contributed by atoms with Crippen LogP contribution < -0.4 is 4.72 Å². The Bertz CT molecular complexity index is 773. The molecule has 0 aliphatic heterocycles. The van der Waals surface area contributed by atoms with Crippen LogP contribution in [0.2, 0.25) is 0 Å². The molecule has 1 aromatic heterocycles. The molecule has 4 nitrogen and oxygen atoms in total. The second kappa shape index (κ2) is 6.04. The van der Waals surface area contributed by atoms with E-state index < -0.39 is 10.0 Å². The van der Waals surface area contributed by atoms with E-state index >= 15 is 0 Å². The van der Waals surface area contributed by atoms with Gasteiger partial charge in [-0.25, -0.2) is 17.8 Å². The van der Waals surface area contributed by atoms with Gasteiger partial charge in [0, 0.05) is 11.6 Å². The van der Waals surface area contributed by atoms with Crippen LogP contribution in [0.5, 0.6) is 0 Å². The summed E-state index contributed by atoms with van der Waals surface area (Å²) in [5.74, 6) is 0.355. The van der Waals surface area contributed by atoms with Crippen molar-refractivity contribution in [3.8, 4) is 0 Å². The van der Waals surface area contributed by atoms with E-state index in [2.05, 4.69) is 9.71 Å². The minimum atomic E-state index is -3.50. The van der Waals surface area contributed by atoms with Crippen LogP contribution in [-0.4, -0.2) is 19.2 Å². The highest BCUT2D eigenvalue weighted by Crippen LogP contribution is 2.39. The van der Waals surface area contributed by atoms with E-state index in [1.54, 1.807) is 18.2 Å². The maximum Gasteiger partial charge on any atom is 0.234 e. The second-order valence-corrected chi connectivity index (χ2v) is 7.36. The minimum absolute atomic E-state index is 0.105. The molecule has 6 heteroatoms. The first-order chi connectivity index (χ1) is 10.5. The van der Waals surface area contributed by atoms with Gasteiger partial charge in [0.15, 0.2) is 0 Å². The summed E-state index contributed by atoms with van der Waals surface area (Å²) in [5.41, 5.74) is 1.59. The number of benzene rings is 1. The van der Waals surface area contributed by atoms with Crippen LogP contribution >= 0.6 is 0 Å². The molecule has 116 valence electrons. The first-order valence-corrected chi connectivity index (χ1v) is 8.89. The number of hydrogen-bond donors (Lipinski definition) is 1. The Morgan fingerprint density at radius 2 is 1.95 bits per heavy atom. The van der Waals surface area contributed by atoms with Gasteiger partial charge in [0.2, 0.25) is 10.0 Å². The van der Waals surface area contributed by atoms with Gasteiger partial charge in [0.1, 0.15) is 11.6 Å². The molecule has 0 amide bonds. The van der Waals surface area contributed by atoms with Gasteiger partial charge in [-0.05, 0) is 49.1 Å². The van der Waals surface area contributed by atoms with Crippen LogP contribution in [0.4, 0.5) is 10.2 Å². The van der Waals surface area contributed by atoms with Crippen LogP contribution in [-0.2, 0) is 16.4 Å². The normalized spacial score (nSPS) is 14.8. The molecule has 1 saturated carbocycles. The third-order valence-corrected chi connectivity index (χ3v) is 4.84. The molecular weight excluding hydrogens is 303 g/mol. The van der Waals surface area contributed by atoms with Gasteiger partial charge in [0.25, 0.3) is 0 Å². The lowest BCUT2D eigenvalue weighted by molar-refractivity contribution is 0.599. The molecule has 1 N–H and O–H groups in total. The highest BCUT2D eigenvalue weighted by atomic mass is 32.2. The standard InChI is InChI=1S/C16H17FN2O2S/c17-14-4-1-3-12(11-14)9-10-22(20,21)19-16-6-2-5-15(18-16)13-7-8-13/h1-6,11,13H,7-10H2,(H,18,19). The van der Waals surface area contributed by atoms with Gasteiger partial charge in [-0.2, -0.15) is 0 Å². The first kappa shape index (κ1) is 15.0. The molecule has 1 aromatic carbocycles. The number of aryl methyl sites for hydroxylation is 1. The third kappa shape index (κ3) is 4.04. The summed E-state index contributed by atoms with van der Waals surface area (Å²) in [6, 6.07) is 11.3. The fourth-order valence-corrected chi connectivity index (χ4v) is 3.31. The number of sulfonamides is 1. The van der Waals surface area contributed by atoms with Crippen molar-refractivity contribution in [3.05, 3.63) is 59.5 Å². The predicted octanol–water partition coefficient (Wildman–Crippen LogP) is 3.08. The zero-order valence-electron chi connectivity index (χ0n) is 12.0. The average molecular weight is 320 g/mol. The van der Waals surface area contributed by atoms with Crippen LogP contribution in [0, 0.1) is 5.82 Å². The van der Waals surface area contributed by atoms with Crippen molar-refractivity contribution >= 4 is 15.8 Å². The molecular formula is C16H17FN2O2S. The van der Waals surface area contributed by atoms with Crippen molar-refractivity contribution < 1.29 is 12.8 Å². The summed E-state index contributed by atoms with van der Waals surface area (Å²) in [5, 5.41) is 0. The summed E-state index contributed by atoms with van der Waals surface area (Å²) < 4.78 is 39.8. The lowest BCUT2D eigenvalue weighted by Crippen LogP contribution is -2.19.